The van der Waals surface area contributed by atoms with Crippen molar-refractivity contribution in [2.75, 3.05) is 17.9 Å². The molecule has 0 spiro atoms. The Hall–Kier alpha value is -2.81. The van der Waals surface area contributed by atoms with Crippen molar-refractivity contribution in [3.05, 3.63) is 62.3 Å². The van der Waals surface area contributed by atoms with Crippen molar-refractivity contribution in [3.8, 4) is 6.07 Å². The first-order chi connectivity index (χ1) is 16.1. The van der Waals surface area contributed by atoms with Gasteiger partial charge in [0.1, 0.15) is 5.82 Å². The predicted octanol–water partition coefficient (Wildman–Crippen LogP) is 1.70. The summed E-state index contributed by atoms with van der Waals surface area (Å²) < 4.78 is 93.3. The number of hydrogen-bond acceptors (Lipinski definition) is 4. The van der Waals surface area contributed by atoms with E-state index in [9.17, 15) is 14.9 Å². The summed E-state index contributed by atoms with van der Waals surface area (Å²) in [6.07, 6.45) is -7.03. The molecule has 0 unspecified atom stereocenters. The van der Waals surface area contributed by atoms with Gasteiger partial charge in [-0.1, -0.05) is 25.1 Å². The molecule has 0 bridgehead atoms. The van der Waals surface area contributed by atoms with Gasteiger partial charge in [0.15, 0.2) is 0 Å². The molecule has 1 aliphatic rings. The maximum Gasteiger partial charge on any atom is 0.332 e. The molecule has 0 amide bonds. The monoisotopic (exact) mass is 349 g/mol. The third-order valence-corrected chi connectivity index (χ3v) is 3.50. The number of piperidine rings is 1. The van der Waals surface area contributed by atoms with E-state index in [4.69, 9.17) is 15.1 Å². The number of benzene rings is 1. The van der Waals surface area contributed by atoms with E-state index in [1.807, 2.05) is 0 Å². The van der Waals surface area contributed by atoms with Crippen molar-refractivity contribution >= 4 is 5.82 Å². The summed E-state index contributed by atoms with van der Waals surface area (Å²) in [4.78, 5) is 25.8. The Balaban J connectivity index is 2.55. The molecule has 3 rings (SSSR count). The van der Waals surface area contributed by atoms with E-state index in [1.165, 1.54) is 18.2 Å². The van der Waals surface area contributed by atoms with Crippen molar-refractivity contribution in [2.24, 2.45) is 12.9 Å². The summed E-state index contributed by atoms with van der Waals surface area (Å²) in [5.74, 6) is -4.11. The van der Waals surface area contributed by atoms with Crippen LogP contribution in [0.1, 0.15) is 45.9 Å². The van der Waals surface area contributed by atoms with Crippen LogP contribution in [0.3, 0.4) is 0 Å². The maximum atomic E-state index is 13.3. The van der Waals surface area contributed by atoms with Gasteiger partial charge in [-0.3, -0.25) is 13.9 Å². The van der Waals surface area contributed by atoms with Gasteiger partial charge >= 0.3 is 5.69 Å². The summed E-state index contributed by atoms with van der Waals surface area (Å²) in [5, 5.41) is 9.47. The number of hydrogen-bond donors (Lipinski definition) is 0. The smallest absolute Gasteiger partial charge is 0.332 e. The van der Waals surface area contributed by atoms with Crippen LogP contribution in [0.15, 0.2) is 39.9 Å². The van der Waals surface area contributed by atoms with Gasteiger partial charge in [-0.2, -0.15) is 5.26 Å². The van der Waals surface area contributed by atoms with E-state index in [1.54, 1.807) is 6.07 Å². The first kappa shape index (κ1) is 8.05. The van der Waals surface area contributed by atoms with Gasteiger partial charge in [0.25, 0.3) is 5.56 Å². The van der Waals surface area contributed by atoms with E-state index in [-0.39, 0.29) is 20.6 Å². The molecule has 0 aliphatic carbocycles. The minimum Gasteiger partial charge on any atom is -0.357 e. The van der Waals surface area contributed by atoms with E-state index >= 15 is 0 Å². The second-order valence-corrected chi connectivity index (χ2v) is 5.22. The molecule has 6 nitrogen and oxygen atoms in total. The van der Waals surface area contributed by atoms with Gasteiger partial charge in [-0.25, -0.2) is 4.79 Å². The summed E-state index contributed by atoms with van der Waals surface area (Å²) in [5.41, 5.74) is -3.12. The number of rotatable bonds is 3. The average Bonchev–Trinajstić information content (AvgIpc) is 2.75. The highest BCUT2D eigenvalue weighted by Gasteiger charge is 2.21. The van der Waals surface area contributed by atoms with Gasteiger partial charge in [0, 0.05) is 38.4 Å². The quantitative estimate of drug-likeness (QED) is 0.846. The topological polar surface area (TPSA) is 71.0 Å². The zero-order valence-corrected chi connectivity index (χ0v) is 13.5. The molecule has 1 atom stereocenters. The average molecular weight is 349 g/mol. The Morgan fingerprint density at radius 1 is 1.44 bits per heavy atom. The third kappa shape index (κ3) is 3.36. The SMILES string of the molecule is [2H]C([2H])(c1ccccc1C#N)n1c(N2C([2H])([2H])C([2H])([2H])C([2H])([2H])[C@@]([2H])(C)C2([2H])[2H])cc(=O)n(C)c1=O. The van der Waals surface area contributed by atoms with Crippen LogP contribution in [0.2, 0.25) is 0 Å². The largest absolute Gasteiger partial charge is 0.357 e. The van der Waals surface area contributed by atoms with Crippen molar-refractivity contribution < 1.29 is 15.1 Å². The third-order valence-electron chi connectivity index (χ3n) is 3.50. The number of nitriles is 1. The minimum absolute atomic E-state index is 0.0655. The highest BCUT2D eigenvalue weighted by Crippen LogP contribution is 2.22. The Kier molecular flexibility index (Phi) is 2.24. The van der Waals surface area contributed by atoms with Crippen LogP contribution < -0.4 is 16.1 Å². The van der Waals surface area contributed by atoms with Crippen molar-refractivity contribution in [3.63, 3.8) is 0 Å². The molecule has 1 aliphatic heterocycles. The molecular formula is C19H22N4O2. The first-order valence-electron chi connectivity index (χ1n) is 12.8. The van der Waals surface area contributed by atoms with Crippen molar-refractivity contribution in [1.82, 2.24) is 9.13 Å². The Morgan fingerprint density at radius 2 is 2.20 bits per heavy atom. The molecule has 25 heavy (non-hydrogen) atoms. The number of nitrogens with zero attached hydrogens (tertiary/aromatic N) is 4. The molecule has 1 aromatic heterocycles. The van der Waals surface area contributed by atoms with E-state index in [2.05, 4.69) is 0 Å². The predicted molar refractivity (Wildman–Crippen MR) is 96.8 cm³/mol. The molecule has 2 heterocycles. The van der Waals surface area contributed by atoms with Crippen LogP contribution in [0.25, 0.3) is 0 Å². The molecular weight excluding hydrogens is 316 g/mol. The lowest BCUT2D eigenvalue weighted by molar-refractivity contribution is 0.437. The van der Waals surface area contributed by atoms with Gasteiger partial charge in [0.2, 0.25) is 0 Å². The standard InChI is InChI=1S/C19H22N4O2/c1-14-6-5-9-22(12-14)17-10-18(24)21(2)19(25)23(17)13-16-8-4-3-7-15(16)11-20/h3-4,7-8,10,14H,5-6,9,12-13H2,1-2H3/t14-/m1/s1/i5D2,6D2,9D2,12D2,13D2,14D. The second kappa shape index (κ2) is 6.98. The molecule has 2 aromatic rings. The molecule has 0 radical (unpaired) electrons. The minimum atomic E-state index is -3.65. The molecule has 1 aromatic carbocycles. The number of aromatic nitrogens is 2. The Bertz CT molecular complexity index is 1360. The zero-order chi connectivity index (χ0) is 27.9. The fraction of sp³-hybridized carbons (Fsp3) is 0.421. The molecule has 0 N–H and O–H groups in total. The maximum absolute atomic E-state index is 13.3. The van der Waals surface area contributed by atoms with E-state index in [0.717, 1.165) is 13.1 Å². The summed E-state index contributed by atoms with van der Waals surface area (Å²) in [6.45, 7) is -9.39. The molecule has 130 valence electrons. The Labute approximate surface area is 162 Å². The van der Waals surface area contributed by atoms with E-state index in [0.29, 0.717) is 17.6 Å². The normalized spacial score (nSPS) is 35.4. The fourth-order valence-corrected chi connectivity index (χ4v) is 2.20. The highest BCUT2D eigenvalue weighted by atomic mass is 16.2. The highest BCUT2D eigenvalue weighted by molar-refractivity contribution is 5.42. The van der Waals surface area contributed by atoms with Crippen LogP contribution in [-0.4, -0.2) is 22.1 Å². The van der Waals surface area contributed by atoms with Crippen molar-refractivity contribution in [1.29, 1.82) is 5.26 Å². The lowest BCUT2D eigenvalue weighted by Crippen LogP contribution is -2.44. The number of anilines is 1. The van der Waals surface area contributed by atoms with Crippen LogP contribution in [0.4, 0.5) is 5.82 Å². The van der Waals surface area contributed by atoms with Crippen LogP contribution in [-0.2, 0) is 13.5 Å². The summed E-state index contributed by atoms with van der Waals surface area (Å²) in [7, 11) is 0.989. The summed E-state index contributed by atoms with van der Waals surface area (Å²) >= 11 is 0. The van der Waals surface area contributed by atoms with Gasteiger partial charge in [-0.05, 0) is 30.3 Å². The van der Waals surface area contributed by atoms with E-state index < -0.39 is 55.2 Å². The molecule has 6 heteroatoms. The second-order valence-electron chi connectivity index (χ2n) is 5.22. The Morgan fingerprint density at radius 3 is 2.96 bits per heavy atom. The molecule has 0 saturated carbocycles. The van der Waals surface area contributed by atoms with Crippen LogP contribution in [0.5, 0.6) is 0 Å². The van der Waals surface area contributed by atoms with Gasteiger partial charge < -0.3 is 4.90 Å². The lowest BCUT2D eigenvalue weighted by atomic mass is 10.0. The van der Waals surface area contributed by atoms with Crippen LogP contribution >= 0.6 is 0 Å². The zero-order valence-electron chi connectivity index (χ0n) is 24.5. The van der Waals surface area contributed by atoms with Gasteiger partial charge in [0.05, 0.1) is 20.9 Å². The lowest BCUT2D eigenvalue weighted by Gasteiger charge is -2.34. The molecule has 1 saturated heterocycles. The van der Waals surface area contributed by atoms with Crippen LogP contribution in [0, 0.1) is 17.2 Å². The molecule has 1 fully saturated rings. The summed E-state index contributed by atoms with van der Waals surface area (Å²) in [6, 6.07) is 7.45. The van der Waals surface area contributed by atoms with Gasteiger partial charge in [-0.15, -0.1) is 0 Å². The fourth-order valence-electron chi connectivity index (χ4n) is 2.20. The first-order valence-corrected chi connectivity index (χ1v) is 7.27. The van der Waals surface area contributed by atoms with Crippen molar-refractivity contribution in [2.45, 2.75) is 26.2 Å².